The summed E-state index contributed by atoms with van der Waals surface area (Å²) in [5.41, 5.74) is 4.09. The van der Waals surface area contributed by atoms with Gasteiger partial charge in [0.1, 0.15) is 0 Å². The van der Waals surface area contributed by atoms with E-state index in [-0.39, 0.29) is 6.10 Å². The third kappa shape index (κ3) is 2.39. The third-order valence-corrected chi connectivity index (χ3v) is 2.96. The molecule has 1 aliphatic heterocycles. The lowest BCUT2D eigenvalue weighted by Gasteiger charge is -2.26. The topological polar surface area (TPSA) is 21.3 Å². The average molecular weight is 205 g/mol. The van der Waals surface area contributed by atoms with Gasteiger partial charge in [0.15, 0.2) is 0 Å². The Kier molecular flexibility index (Phi) is 3.39. The standard InChI is InChI=1S/C13H19NO/c1-3-11-5-4-10(2)8-12(11)13-9-14-6-7-15-13/h4-5,8,13-14H,3,6-7,9H2,1-2H3. The summed E-state index contributed by atoms with van der Waals surface area (Å²) < 4.78 is 5.80. The molecule has 1 aliphatic rings. The summed E-state index contributed by atoms with van der Waals surface area (Å²) in [5.74, 6) is 0. The fraction of sp³-hybridized carbons (Fsp3) is 0.538. The fourth-order valence-corrected chi connectivity index (χ4v) is 2.10. The van der Waals surface area contributed by atoms with Crippen LogP contribution in [0.15, 0.2) is 18.2 Å². The molecule has 1 heterocycles. The molecule has 15 heavy (non-hydrogen) atoms. The van der Waals surface area contributed by atoms with Gasteiger partial charge in [-0.2, -0.15) is 0 Å². The van der Waals surface area contributed by atoms with Crippen LogP contribution in [-0.2, 0) is 11.2 Å². The van der Waals surface area contributed by atoms with Crippen LogP contribution in [0, 0.1) is 6.92 Å². The molecule has 1 atom stereocenters. The number of nitrogens with one attached hydrogen (secondary N) is 1. The van der Waals surface area contributed by atoms with E-state index in [0.717, 1.165) is 26.1 Å². The Balaban J connectivity index is 2.27. The fourth-order valence-electron chi connectivity index (χ4n) is 2.10. The van der Waals surface area contributed by atoms with Crippen molar-refractivity contribution in [1.29, 1.82) is 0 Å². The van der Waals surface area contributed by atoms with Gasteiger partial charge in [0.05, 0.1) is 12.7 Å². The first-order valence-corrected chi connectivity index (χ1v) is 5.73. The number of benzene rings is 1. The van der Waals surface area contributed by atoms with Crippen LogP contribution in [0.5, 0.6) is 0 Å². The molecule has 0 aromatic heterocycles. The molecule has 0 bridgehead atoms. The summed E-state index contributed by atoms with van der Waals surface area (Å²) in [6.45, 7) is 7.08. The average Bonchev–Trinajstić information content (AvgIpc) is 2.30. The highest BCUT2D eigenvalue weighted by molar-refractivity contribution is 5.33. The second-order valence-electron chi connectivity index (χ2n) is 4.12. The van der Waals surface area contributed by atoms with E-state index in [9.17, 15) is 0 Å². The van der Waals surface area contributed by atoms with Gasteiger partial charge in [-0.05, 0) is 24.5 Å². The van der Waals surface area contributed by atoms with Gasteiger partial charge in [0.2, 0.25) is 0 Å². The largest absolute Gasteiger partial charge is 0.371 e. The van der Waals surface area contributed by atoms with Crippen molar-refractivity contribution >= 4 is 0 Å². The molecule has 1 N–H and O–H groups in total. The van der Waals surface area contributed by atoms with Crippen LogP contribution >= 0.6 is 0 Å². The van der Waals surface area contributed by atoms with Crippen molar-refractivity contribution in [3.63, 3.8) is 0 Å². The van der Waals surface area contributed by atoms with E-state index in [0.29, 0.717) is 0 Å². The lowest BCUT2D eigenvalue weighted by molar-refractivity contribution is 0.0271. The van der Waals surface area contributed by atoms with Crippen LogP contribution in [0.25, 0.3) is 0 Å². The molecule has 1 aromatic carbocycles. The van der Waals surface area contributed by atoms with Crippen LogP contribution < -0.4 is 5.32 Å². The van der Waals surface area contributed by atoms with Crippen molar-refractivity contribution in [2.24, 2.45) is 0 Å². The van der Waals surface area contributed by atoms with Crippen molar-refractivity contribution in [3.8, 4) is 0 Å². The molecule has 2 nitrogen and oxygen atoms in total. The first-order valence-electron chi connectivity index (χ1n) is 5.73. The minimum absolute atomic E-state index is 0.244. The molecule has 0 saturated carbocycles. The van der Waals surface area contributed by atoms with Gasteiger partial charge < -0.3 is 10.1 Å². The van der Waals surface area contributed by atoms with Crippen LogP contribution in [-0.4, -0.2) is 19.7 Å². The Morgan fingerprint density at radius 2 is 2.33 bits per heavy atom. The van der Waals surface area contributed by atoms with Crippen LogP contribution in [0.2, 0.25) is 0 Å². The van der Waals surface area contributed by atoms with Gasteiger partial charge in [-0.3, -0.25) is 0 Å². The minimum atomic E-state index is 0.244. The SMILES string of the molecule is CCc1ccc(C)cc1C1CNCCO1. The summed E-state index contributed by atoms with van der Waals surface area (Å²) >= 11 is 0. The Morgan fingerprint density at radius 3 is 3.00 bits per heavy atom. The molecule has 1 aromatic rings. The predicted molar refractivity (Wildman–Crippen MR) is 62.1 cm³/mol. The van der Waals surface area contributed by atoms with E-state index in [2.05, 4.69) is 37.4 Å². The highest BCUT2D eigenvalue weighted by Gasteiger charge is 2.18. The first-order chi connectivity index (χ1) is 7.31. The molecule has 0 spiro atoms. The van der Waals surface area contributed by atoms with Crippen molar-refractivity contribution in [3.05, 3.63) is 34.9 Å². The molecule has 2 heteroatoms. The Morgan fingerprint density at radius 1 is 1.47 bits per heavy atom. The predicted octanol–water partition coefficient (Wildman–Crippen LogP) is 2.22. The number of morpholine rings is 1. The van der Waals surface area contributed by atoms with Gasteiger partial charge in [0, 0.05) is 13.1 Å². The van der Waals surface area contributed by atoms with Crippen LogP contribution in [0.1, 0.15) is 29.7 Å². The van der Waals surface area contributed by atoms with Gasteiger partial charge in [-0.15, -0.1) is 0 Å². The van der Waals surface area contributed by atoms with Crippen molar-refractivity contribution in [1.82, 2.24) is 5.32 Å². The summed E-state index contributed by atoms with van der Waals surface area (Å²) in [4.78, 5) is 0. The summed E-state index contributed by atoms with van der Waals surface area (Å²) in [6.07, 6.45) is 1.32. The monoisotopic (exact) mass is 205 g/mol. The van der Waals surface area contributed by atoms with Gasteiger partial charge in [-0.25, -0.2) is 0 Å². The van der Waals surface area contributed by atoms with Gasteiger partial charge >= 0.3 is 0 Å². The number of aryl methyl sites for hydroxylation is 2. The Hall–Kier alpha value is -0.860. The molecule has 1 fully saturated rings. The van der Waals surface area contributed by atoms with Gasteiger partial charge in [-0.1, -0.05) is 30.7 Å². The molecule has 0 radical (unpaired) electrons. The van der Waals surface area contributed by atoms with Crippen molar-refractivity contribution < 1.29 is 4.74 Å². The molecule has 1 saturated heterocycles. The van der Waals surface area contributed by atoms with Crippen LogP contribution in [0.3, 0.4) is 0 Å². The zero-order valence-corrected chi connectivity index (χ0v) is 9.55. The zero-order chi connectivity index (χ0) is 10.7. The first kappa shape index (κ1) is 10.7. The number of rotatable bonds is 2. The molecule has 2 rings (SSSR count). The molecular weight excluding hydrogens is 186 g/mol. The lowest BCUT2D eigenvalue weighted by atomic mass is 9.97. The number of hydrogen-bond donors (Lipinski definition) is 1. The molecule has 0 amide bonds. The Labute approximate surface area is 91.6 Å². The van der Waals surface area contributed by atoms with E-state index in [4.69, 9.17) is 4.74 Å². The molecule has 0 aliphatic carbocycles. The maximum atomic E-state index is 5.80. The molecule has 1 unspecified atom stereocenters. The maximum Gasteiger partial charge on any atom is 0.0952 e. The summed E-state index contributed by atoms with van der Waals surface area (Å²) in [6, 6.07) is 6.66. The van der Waals surface area contributed by atoms with E-state index < -0.39 is 0 Å². The second kappa shape index (κ2) is 4.77. The van der Waals surface area contributed by atoms with Gasteiger partial charge in [0.25, 0.3) is 0 Å². The quantitative estimate of drug-likeness (QED) is 0.799. The lowest BCUT2D eigenvalue weighted by Crippen LogP contribution is -2.33. The van der Waals surface area contributed by atoms with Crippen LogP contribution in [0.4, 0.5) is 0 Å². The molecular formula is C13H19NO. The van der Waals surface area contributed by atoms with E-state index in [1.165, 1.54) is 16.7 Å². The minimum Gasteiger partial charge on any atom is -0.371 e. The summed E-state index contributed by atoms with van der Waals surface area (Å²) in [7, 11) is 0. The zero-order valence-electron chi connectivity index (χ0n) is 9.55. The van der Waals surface area contributed by atoms with E-state index >= 15 is 0 Å². The summed E-state index contributed by atoms with van der Waals surface area (Å²) in [5, 5.41) is 3.38. The smallest absolute Gasteiger partial charge is 0.0952 e. The van der Waals surface area contributed by atoms with Crippen molar-refractivity contribution in [2.75, 3.05) is 19.7 Å². The highest BCUT2D eigenvalue weighted by atomic mass is 16.5. The maximum absolute atomic E-state index is 5.80. The molecule has 82 valence electrons. The highest BCUT2D eigenvalue weighted by Crippen LogP contribution is 2.24. The second-order valence-corrected chi connectivity index (χ2v) is 4.12. The van der Waals surface area contributed by atoms with Crippen molar-refractivity contribution in [2.45, 2.75) is 26.4 Å². The third-order valence-electron chi connectivity index (χ3n) is 2.96. The Bertz CT molecular complexity index is 329. The van der Waals surface area contributed by atoms with E-state index in [1.807, 2.05) is 0 Å². The normalized spacial score (nSPS) is 21.6. The number of hydrogen-bond acceptors (Lipinski definition) is 2. The van der Waals surface area contributed by atoms with E-state index in [1.54, 1.807) is 0 Å². The number of ether oxygens (including phenoxy) is 1.